The maximum absolute atomic E-state index is 5.02. The SMILES string of the molecule is COCCNCc1cnc(N2CCCC(C)(C)C2)s1. The second kappa shape index (κ2) is 6.68. The molecule has 2 rings (SSSR count). The van der Waals surface area contributed by atoms with E-state index in [1.807, 2.05) is 17.5 Å². The largest absolute Gasteiger partial charge is 0.383 e. The van der Waals surface area contributed by atoms with Gasteiger partial charge in [-0.25, -0.2) is 4.98 Å². The molecule has 4 nitrogen and oxygen atoms in total. The summed E-state index contributed by atoms with van der Waals surface area (Å²) in [6, 6.07) is 0. The molecular formula is C14H25N3OS. The molecule has 19 heavy (non-hydrogen) atoms. The fourth-order valence-electron chi connectivity index (χ4n) is 2.50. The molecule has 0 saturated carbocycles. The average Bonchev–Trinajstić information content (AvgIpc) is 2.82. The fourth-order valence-corrected chi connectivity index (χ4v) is 3.40. The van der Waals surface area contributed by atoms with Gasteiger partial charge >= 0.3 is 0 Å². The van der Waals surface area contributed by atoms with Gasteiger partial charge in [0.05, 0.1) is 6.61 Å². The zero-order chi connectivity index (χ0) is 13.7. The van der Waals surface area contributed by atoms with E-state index in [0.29, 0.717) is 5.41 Å². The fraction of sp³-hybridized carbons (Fsp3) is 0.786. The Kier molecular flexibility index (Phi) is 5.19. The normalized spacial score (nSPS) is 18.8. The zero-order valence-corrected chi connectivity index (χ0v) is 13.1. The highest BCUT2D eigenvalue weighted by molar-refractivity contribution is 7.15. The van der Waals surface area contributed by atoms with Gasteiger partial charge in [-0.3, -0.25) is 0 Å². The Labute approximate surface area is 120 Å². The Bertz CT molecular complexity index is 392. The van der Waals surface area contributed by atoms with Crippen LogP contribution in [-0.4, -0.2) is 38.3 Å². The van der Waals surface area contributed by atoms with Gasteiger partial charge in [-0.1, -0.05) is 13.8 Å². The summed E-state index contributed by atoms with van der Waals surface area (Å²) in [4.78, 5) is 8.32. The minimum atomic E-state index is 0.417. The number of nitrogens with one attached hydrogen (secondary N) is 1. The average molecular weight is 283 g/mol. The minimum Gasteiger partial charge on any atom is -0.383 e. The summed E-state index contributed by atoms with van der Waals surface area (Å²) in [5.41, 5.74) is 0.417. The molecule has 1 aromatic rings. The number of nitrogens with zero attached hydrogens (tertiary/aromatic N) is 2. The van der Waals surface area contributed by atoms with Crippen molar-refractivity contribution in [2.75, 3.05) is 38.3 Å². The molecule has 0 atom stereocenters. The van der Waals surface area contributed by atoms with Crippen LogP contribution in [0.25, 0.3) is 0 Å². The molecule has 0 unspecified atom stereocenters. The van der Waals surface area contributed by atoms with Crippen LogP contribution in [0.15, 0.2) is 6.20 Å². The minimum absolute atomic E-state index is 0.417. The first kappa shape index (κ1) is 14.8. The molecule has 1 fully saturated rings. The quantitative estimate of drug-likeness (QED) is 0.814. The van der Waals surface area contributed by atoms with Crippen molar-refractivity contribution in [3.05, 3.63) is 11.1 Å². The molecule has 108 valence electrons. The maximum Gasteiger partial charge on any atom is 0.185 e. The van der Waals surface area contributed by atoms with E-state index in [-0.39, 0.29) is 0 Å². The number of anilines is 1. The van der Waals surface area contributed by atoms with E-state index in [1.54, 1.807) is 7.11 Å². The number of piperidine rings is 1. The highest BCUT2D eigenvalue weighted by atomic mass is 32.1. The molecule has 1 aliphatic heterocycles. The predicted octanol–water partition coefficient (Wildman–Crippen LogP) is 2.51. The van der Waals surface area contributed by atoms with Crippen LogP contribution in [0.3, 0.4) is 0 Å². The van der Waals surface area contributed by atoms with E-state index >= 15 is 0 Å². The Morgan fingerprint density at radius 2 is 2.37 bits per heavy atom. The third-order valence-corrected chi connectivity index (χ3v) is 4.55. The standard InChI is InChI=1S/C14H25N3OS/c1-14(2)5-4-7-17(11-14)13-16-10-12(19-13)9-15-6-8-18-3/h10,15H,4-9,11H2,1-3H3. The number of rotatable bonds is 6. The first-order chi connectivity index (χ1) is 9.11. The Morgan fingerprint density at radius 3 is 3.11 bits per heavy atom. The van der Waals surface area contributed by atoms with Crippen LogP contribution in [0.4, 0.5) is 5.13 Å². The van der Waals surface area contributed by atoms with Crippen molar-refractivity contribution in [3.63, 3.8) is 0 Å². The number of hydrogen-bond donors (Lipinski definition) is 1. The molecule has 2 heterocycles. The second-order valence-electron chi connectivity index (χ2n) is 5.97. The van der Waals surface area contributed by atoms with Crippen molar-refractivity contribution in [1.82, 2.24) is 10.3 Å². The Balaban J connectivity index is 1.86. The van der Waals surface area contributed by atoms with Crippen molar-refractivity contribution < 1.29 is 4.74 Å². The first-order valence-corrected chi connectivity index (χ1v) is 7.82. The molecule has 5 heteroatoms. The van der Waals surface area contributed by atoms with Gasteiger partial charge in [0.1, 0.15) is 0 Å². The summed E-state index contributed by atoms with van der Waals surface area (Å²) in [5.74, 6) is 0. The van der Waals surface area contributed by atoms with Gasteiger partial charge in [-0.2, -0.15) is 0 Å². The zero-order valence-electron chi connectivity index (χ0n) is 12.2. The monoisotopic (exact) mass is 283 g/mol. The van der Waals surface area contributed by atoms with Crippen LogP contribution < -0.4 is 10.2 Å². The van der Waals surface area contributed by atoms with Gasteiger partial charge in [-0.05, 0) is 18.3 Å². The van der Waals surface area contributed by atoms with Crippen LogP contribution in [0.5, 0.6) is 0 Å². The van der Waals surface area contributed by atoms with E-state index in [9.17, 15) is 0 Å². The highest BCUT2D eigenvalue weighted by Gasteiger charge is 2.27. The summed E-state index contributed by atoms with van der Waals surface area (Å²) in [6.07, 6.45) is 4.59. The summed E-state index contributed by atoms with van der Waals surface area (Å²) in [7, 11) is 1.73. The van der Waals surface area contributed by atoms with E-state index in [4.69, 9.17) is 4.74 Å². The number of aromatic nitrogens is 1. The molecule has 1 N–H and O–H groups in total. The van der Waals surface area contributed by atoms with Crippen LogP contribution in [0.1, 0.15) is 31.6 Å². The molecule has 1 aliphatic rings. The molecular weight excluding hydrogens is 258 g/mol. The molecule has 1 aromatic heterocycles. The van der Waals surface area contributed by atoms with Crippen molar-refractivity contribution in [3.8, 4) is 0 Å². The Hall–Kier alpha value is -0.650. The van der Waals surface area contributed by atoms with Gasteiger partial charge in [0.2, 0.25) is 0 Å². The van der Waals surface area contributed by atoms with E-state index < -0.39 is 0 Å². The number of hydrogen-bond acceptors (Lipinski definition) is 5. The molecule has 0 aliphatic carbocycles. The summed E-state index contributed by atoms with van der Waals surface area (Å²) < 4.78 is 5.02. The first-order valence-electron chi connectivity index (χ1n) is 7.00. The summed E-state index contributed by atoms with van der Waals surface area (Å²) in [5, 5.41) is 4.54. The summed E-state index contributed by atoms with van der Waals surface area (Å²) >= 11 is 1.81. The van der Waals surface area contributed by atoms with Crippen molar-refractivity contribution in [2.45, 2.75) is 33.2 Å². The van der Waals surface area contributed by atoms with Gasteiger partial charge < -0.3 is 15.0 Å². The van der Waals surface area contributed by atoms with Crippen LogP contribution in [-0.2, 0) is 11.3 Å². The second-order valence-corrected chi connectivity index (χ2v) is 7.06. The number of methoxy groups -OCH3 is 1. The van der Waals surface area contributed by atoms with E-state index in [1.165, 1.54) is 22.9 Å². The lowest BCUT2D eigenvalue weighted by Crippen LogP contribution is -2.39. The Morgan fingerprint density at radius 1 is 1.53 bits per heavy atom. The third-order valence-electron chi connectivity index (χ3n) is 3.49. The lowest BCUT2D eigenvalue weighted by atomic mass is 9.84. The topological polar surface area (TPSA) is 37.4 Å². The number of ether oxygens (including phenoxy) is 1. The molecule has 0 radical (unpaired) electrons. The van der Waals surface area contributed by atoms with Gasteiger partial charge in [-0.15, -0.1) is 11.3 Å². The van der Waals surface area contributed by atoms with Gasteiger partial charge in [0, 0.05) is 44.4 Å². The van der Waals surface area contributed by atoms with E-state index in [2.05, 4.69) is 29.0 Å². The maximum atomic E-state index is 5.02. The molecule has 0 spiro atoms. The molecule has 0 amide bonds. The third kappa shape index (κ3) is 4.44. The van der Waals surface area contributed by atoms with Crippen molar-refractivity contribution >= 4 is 16.5 Å². The highest BCUT2D eigenvalue weighted by Crippen LogP contribution is 2.33. The predicted molar refractivity (Wildman–Crippen MR) is 80.9 cm³/mol. The van der Waals surface area contributed by atoms with Crippen LogP contribution in [0, 0.1) is 5.41 Å². The summed E-state index contributed by atoms with van der Waals surface area (Å²) in [6.45, 7) is 9.50. The van der Waals surface area contributed by atoms with Gasteiger partial charge in [0.15, 0.2) is 5.13 Å². The number of thiazole rings is 1. The van der Waals surface area contributed by atoms with Gasteiger partial charge in [0.25, 0.3) is 0 Å². The van der Waals surface area contributed by atoms with Crippen LogP contribution in [0.2, 0.25) is 0 Å². The molecule has 0 aromatic carbocycles. The molecule has 0 bridgehead atoms. The van der Waals surface area contributed by atoms with E-state index in [0.717, 1.165) is 32.8 Å². The molecule has 1 saturated heterocycles. The van der Waals surface area contributed by atoms with Crippen molar-refractivity contribution in [2.24, 2.45) is 5.41 Å². The lowest BCUT2D eigenvalue weighted by molar-refractivity contribution is 0.199. The smallest absolute Gasteiger partial charge is 0.185 e. The van der Waals surface area contributed by atoms with Crippen LogP contribution >= 0.6 is 11.3 Å². The van der Waals surface area contributed by atoms with Crippen molar-refractivity contribution in [1.29, 1.82) is 0 Å². The lowest BCUT2D eigenvalue weighted by Gasteiger charge is -2.37.